The third-order valence-corrected chi connectivity index (χ3v) is 4.58. The number of hydrogen-bond donors (Lipinski definition) is 3. The van der Waals surface area contributed by atoms with E-state index in [9.17, 15) is 19.4 Å². The van der Waals surface area contributed by atoms with E-state index in [1.807, 2.05) is 0 Å². The van der Waals surface area contributed by atoms with Crippen LogP contribution in [0.4, 0.5) is 4.39 Å². The van der Waals surface area contributed by atoms with E-state index in [4.69, 9.17) is 5.02 Å². The van der Waals surface area contributed by atoms with Gasteiger partial charge >= 0.3 is 5.97 Å². The molecular weight excluding hydrogens is 238 g/mol. The second-order valence-corrected chi connectivity index (χ2v) is 5.54. The lowest BCUT2D eigenvalue weighted by Gasteiger charge is -2.24. The first kappa shape index (κ1) is 13.8. The SMILES string of the molecule is O=C(O)C1CC2CC(O)C(F)C2C1CCC[B]O. The van der Waals surface area contributed by atoms with Crippen molar-refractivity contribution in [1.29, 1.82) is 0 Å². The third kappa shape index (κ3) is 2.40. The van der Waals surface area contributed by atoms with Crippen molar-refractivity contribution in [3.8, 4) is 0 Å². The molecule has 3 N–H and O–H groups in total. The Labute approximate surface area is 106 Å². The number of fused-ring (bicyclic) bond motifs is 1. The highest BCUT2D eigenvalue weighted by Crippen LogP contribution is 2.53. The molecular formula is C12H19BFO4. The first-order valence-electron chi connectivity index (χ1n) is 6.57. The smallest absolute Gasteiger partial charge is 0.306 e. The average Bonchev–Trinajstić information content (AvgIpc) is 2.79. The van der Waals surface area contributed by atoms with E-state index in [1.165, 1.54) is 0 Å². The minimum absolute atomic E-state index is 0.000735. The zero-order chi connectivity index (χ0) is 13.3. The normalized spacial score (nSPS) is 42.8. The van der Waals surface area contributed by atoms with Crippen LogP contribution in [0.2, 0.25) is 6.32 Å². The monoisotopic (exact) mass is 257 g/mol. The zero-order valence-corrected chi connectivity index (χ0v) is 10.2. The fraction of sp³-hybridized carbons (Fsp3) is 0.917. The molecule has 1 radical (unpaired) electrons. The van der Waals surface area contributed by atoms with Crippen LogP contribution in [0.25, 0.3) is 0 Å². The number of carboxylic acids is 1. The first-order valence-corrected chi connectivity index (χ1v) is 6.57. The highest BCUT2D eigenvalue weighted by molar-refractivity contribution is 6.25. The van der Waals surface area contributed by atoms with Gasteiger partial charge in [0.15, 0.2) is 0 Å². The Bertz CT molecular complexity index is 314. The Kier molecular flexibility index (Phi) is 4.27. The molecule has 101 valence electrons. The van der Waals surface area contributed by atoms with E-state index < -0.39 is 24.2 Å². The van der Waals surface area contributed by atoms with Crippen LogP contribution in [-0.4, -0.2) is 41.0 Å². The summed E-state index contributed by atoms with van der Waals surface area (Å²) in [6, 6.07) is 0. The van der Waals surface area contributed by atoms with Crippen molar-refractivity contribution < 1.29 is 24.4 Å². The fourth-order valence-electron chi connectivity index (χ4n) is 3.84. The van der Waals surface area contributed by atoms with Gasteiger partial charge in [0, 0.05) is 0 Å². The van der Waals surface area contributed by atoms with Gasteiger partial charge in [-0.2, -0.15) is 0 Å². The van der Waals surface area contributed by atoms with Crippen LogP contribution in [0.3, 0.4) is 0 Å². The summed E-state index contributed by atoms with van der Waals surface area (Å²) in [6.07, 6.45) is 0.409. The zero-order valence-electron chi connectivity index (χ0n) is 10.2. The summed E-state index contributed by atoms with van der Waals surface area (Å²) in [6.45, 7) is 0. The Morgan fingerprint density at radius 3 is 2.72 bits per heavy atom. The lowest BCUT2D eigenvalue weighted by atomic mass is 9.80. The summed E-state index contributed by atoms with van der Waals surface area (Å²) in [5, 5.41) is 27.4. The topological polar surface area (TPSA) is 77.8 Å². The van der Waals surface area contributed by atoms with Crippen molar-refractivity contribution in [2.45, 2.75) is 44.3 Å². The van der Waals surface area contributed by atoms with Gasteiger partial charge in [-0.1, -0.05) is 12.7 Å². The molecule has 0 spiro atoms. The molecule has 2 saturated carbocycles. The number of aliphatic carboxylic acids is 1. The van der Waals surface area contributed by atoms with Crippen molar-refractivity contribution in [1.82, 2.24) is 0 Å². The number of carbonyl (C=O) groups is 1. The molecule has 2 aliphatic carbocycles. The molecule has 2 rings (SSSR count). The van der Waals surface area contributed by atoms with E-state index in [1.54, 1.807) is 0 Å². The highest BCUT2D eigenvalue weighted by atomic mass is 19.1. The first-order chi connectivity index (χ1) is 8.56. The lowest BCUT2D eigenvalue weighted by Crippen LogP contribution is -2.30. The molecule has 0 aromatic heterocycles. The van der Waals surface area contributed by atoms with Gasteiger partial charge < -0.3 is 15.2 Å². The molecule has 0 heterocycles. The van der Waals surface area contributed by atoms with Crippen LogP contribution in [-0.2, 0) is 4.79 Å². The van der Waals surface area contributed by atoms with Gasteiger partial charge in [0.1, 0.15) is 6.17 Å². The van der Waals surface area contributed by atoms with E-state index in [0.29, 0.717) is 32.0 Å². The van der Waals surface area contributed by atoms with Gasteiger partial charge in [-0.25, -0.2) is 4.39 Å². The van der Waals surface area contributed by atoms with E-state index in [2.05, 4.69) is 0 Å². The molecule has 6 unspecified atom stereocenters. The molecule has 0 bridgehead atoms. The van der Waals surface area contributed by atoms with E-state index >= 15 is 0 Å². The molecule has 18 heavy (non-hydrogen) atoms. The average molecular weight is 257 g/mol. The van der Waals surface area contributed by atoms with Crippen molar-refractivity contribution in [3.63, 3.8) is 0 Å². The summed E-state index contributed by atoms with van der Waals surface area (Å²) in [7, 11) is 1.05. The second kappa shape index (κ2) is 5.57. The Balaban J connectivity index is 2.06. The number of aliphatic hydroxyl groups excluding tert-OH is 1. The molecule has 2 fully saturated rings. The Morgan fingerprint density at radius 2 is 2.11 bits per heavy atom. The standard InChI is InChI=1S/C12H19BFO4/c14-11-9(15)5-6-4-8(12(16)17)7(10(6)11)2-1-3-13-18/h6-11,15,18H,1-5H2,(H,16,17). The van der Waals surface area contributed by atoms with Crippen LogP contribution in [0.5, 0.6) is 0 Å². The number of hydrogen-bond acceptors (Lipinski definition) is 3. The summed E-state index contributed by atoms with van der Waals surface area (Å²) in [5.74, 6) is -1.88. The lowest BCUT2D eigenvalue weighted by molar-refractivity contribution is -0.143. The van der Waals surface area contributed by atoms with Gasteiger partial charge in [0.25, 0.3) is 7.48 Å². The Hall–Kier alpha value is -0.615. The molecule has 0 aromatic carbocycles. The molecule has 0 amide bonds. The Morgan fingerprint density at radius 1 is 1.39 bits per heavy atom. The molecule has 0 aliphatic heterocycles. The van der Waals surface area contributed by atoms with Crippen molar-refractivity contribution in [2.24, 2.45) is 23.7 Å². The van der Waals surface area contributed by atoms with Crippen molar-refractivity contribution in [3.05, 3.63) is 0 Å². The largest absolute Gasteiger partial charge is 0.481 e. The van der Waals surface area contributed by atoms with Crippen LogP contribution in [0, 0.1) is 23.7 Å². The number of halogens is 1. The maximum atomic E-state index is 14.0. The van der Waals surface area contributed by atoms with Crippen LogP contribution in [0.1, 0.15) is 25.7 Å². The van der Waals surface area contributed by atoms with Gasteiger partial charge in [-0.05, 0) is 37.0 Å². The van der Waals surface area contributed by atoms with E-state index in [-0.39, 0.29) is 17.8 Å². The highest BCUT2D eigenvalue weighted by Gasteiger charge is 2.55. The molecule has 6 heteroatoms. The minimum Gasteiger partial charge on any atom is -0.481 e. The number of carboxylic acid groups (broad SMARTS) is 1. The minimum atomic E-state index is -1.29. The van der Waals surface area contributed by atoms with Crippen molar-refractivity contribution in [2.75, 3.05) is 0 Å². The summed E-state index contributed by atoms with van der Waals surface area (Å²) >= 11 is 0. The predicted octanol–water partition coefficient (Wildman–Crippen LogP) is 0.852. The van der Waals surface area contributed by atoms with Crippen molar-refractivity contribution >= 4 is 13.5 Å². The summed E-state index contributed by atoms with van der Waals surface area (Å²) in [4.78, 5) is 11.2. The molecule has 4 nitrogen and oxygen atoms in total. The quantitative estimate of drug-likeness (QED) is 0.504. The molecule has 0 aromatic rings. The predicted molar refractivity (Wildman–Crippen MR) is 63.7 cm³/mol. The summed E-state index contributed by atoms with van der Waals surface area (Å²) in [5.41, 5.74) is 0. The molecule has 2 aliphatic rings. The number of aliphatic hydroxyl groups is 1. The maximum absolute atomic E-state index is 14.0. The van der Waals surface area contributed by atoms with Gasteiger partial charge in [0.05, 0.1) is 12.0 Å². The summed E-state index contributed by atoms with van der Waals surface area (Å²) < 4.78 is 14.0. The maximum Gasteiger partial charge on any atom is 0.306 e. The van der Waals surface area contributed by atoms with Crippen LogP contribution >= 0.6 is 0 Å². The molecule has 0 saturated heterocycles. The van der Waals surface area contributed by atoms with Crippen LogP contribution in [0.15, 0.2) is 0 Å². The van der Waals surface area contributed by atoms with Gasteiger partial charge in [-0.3, -0.25) is 4.79 Å². The number of alkyl halides is 1. The number of rotatable bonds is 5. The van der Waals surface area contributed by atoms with E-state index in [0.717, 1.165) is 7.48 Å². The third-order valence-electron chi connectivity index (χ3n) is 4.58. The van der Waals surface area contributed by atoms with Gasteiger partial charge in [0.2, 0.25) is 0 Å². The molecule has 6 atom stereocenters. The fourth-order valence-corrected chi connectivity index (χ4v) is 3.84. The van der Waals surface area contributed by atoms with Gasteiger partial charge in [-0.15, -0.1) is 0 Å². The second-order valence-electron chi connectivity index (χ2n) is 5.54. The van der Waals surface area contributed by atoms with Crippen LogP contribution < -0.4 is 0 Å².